The van der Waals surface area contributed by atoms with Crippen molar-refractivity contribution in [1.29, 1.82) is 0 Å². The van der Waals surface area contributed by atoms with E-state index in [0.29, 0.717) is 19.3 Å². The summed E-state index contributed by atoms with van der Waals surface area (Å²) in [6.07, 6.45) is 14.0. The summed E-state index contributed by atoms with van der Waals surface area (Å²) in [5.41, 5.74) is 3.63. The van der Waals surface area contributed by atoms with E-state index in [2.05, 4.69) is 33.9 Å². The van der Waals surface area contributed by atoms with Crippen LogP contribution >= 0.6 is 0 Å². The quantitative estimate of drug-likeness (QED) is 0.172. The van der Waals surface area contributed by atoms with Crippen LogP contribution < -0.4 is 39.4 Å². The van der Waals surface area contributed by atoms with Gasteiger partial charge in [0.2, 0.25) is 23.6 Å². The van der Waals surface area contributed by atoms with Crippen LogP contribution in [0, 0.1) is 5.41 Å². The Morgan fingerprint density at radius 2 is 1.28 bits per heavy atom. The van der Waals surface area contributed by atoms with E-state index in [9.17, 15) is 19.2 Å². The van der Waals surface area contributed by atoms with Crippen LogP contribution in [-0.4, -0.2) is 54.8 Å². The van der Waals surface area contributed by atoms with Crippen molar-refractivity contribution in [1.82, 2.24) is 21.3 Å². The summed E-state index contributed by atoms with van der Waals surface area (Å²) in [7, 11) is 0. The highest BCUT2D eigenvalue weighted by Crippen LogP contribution is 2.22. The van der Waals surface area contributed by atoms with Gasteiger partial charge < -0.3 is 39.4 Å². The Bertz CT molecular complexity index is 729. The molecule has 0 unspecified atom stereocenters. The van der Waals surface area contributed by atoms with Crippen molar-refractivity contribution in [2.45, 2.75) is 142 Å². The average molecular weight is 574 g/mol. The van der Waals surface area contributed by atoms with Gasteiger partial charge in [0.1, 0.15) is 12.1 Å². The molecular formula is C29H56ClN5O4. The summed E-state index contributed by atoms with van der Waals surface area (Å²) in [4.78, 5) is 51.8. The number of rotatable bonds is 15. The van der Waals surface area contributed by atoms with Crippen molar-refractivity contribution >= 4 is 23.6 Å². The smallest absolute Gasteiger partial charge is 0.243 e. The van der Waals surface area contributed by atoms with Gasteiger partial charge >= 0.3 is 0 Å². The average Bonchev–Trinajstić information content (AvgIpc) is 2.84. The second-order valence-electron chi connectivity index (χ2n) is 12.1. The Balaban J connectivity index is 0.0000144. The Hall–Kier alpha value is -1.87. The summed E-state index contributed by atoms with van der Waals surface area (Å²) in [5, 5.41) is 11.4. The fourth-order valence-corrected chi connectivity index (χ4v) is 4.84. The van der Waals surface area contributed by atoms with Crippen molar-refractivity contribution in [3.05, 3.63) is 0 Å². The minimum Gasteiger partial charge on any atom is -1.00 e. The molecule has 0 aromatic carbocycles. The van der Waals surface area contributed by atoms with E-state index in [0.717, 1.165) is 38.6 Å². The Morgan fingerprint density at radius 3 is 1.87 bits per heavy atom. The highest BCUT2D eigenvalue weighted by molar-refractivity contribution is 5.93. The number of hydrogen-bond acceptors (Lipinski definition) is 4. The van der Waals surface area contributed by atoms with Gasteiger partial charge in [0.25, 0.3) is 0 Å². The minimum atomic E-state index is -0.764. The largest absolute Gasteiger partial charge is 1.00 e. The first kappa shape index (κ1) is 37.1. The molecule has 9 nitrogen and oxygen atoms in total. The molecule has 1 aliphatic rings. The maximum absolute atomic E-state index is 13.4. The summed E-state index contributed by atoms with van der Waals surface area (Å²) in [5.74, 6) is -1.33. The molecule has 39 heavy (non-hydrogen) atoms. The molecule has 7 N–H and O–H groups in total. The monoisotopic (exact) mass is 573 g/mol. The maximum Gasteiger partial charge on any atom is 0.243 e. The second kappa shape index (κ2) is 21.0. The van der Waals surface area contributed by atoms with E-state index in [-0.39, 0.29) is 54.6 Å². The van der Waals surface area contributed by atoms with E-state index in [1.54, 1.807) is 0 Å². The summed E-state index contributed by atoms with van der Waals surface area (Å²) in [6.45, 7) is 8.84. The van der Waals surface area contributed by atoms with Crippen LogP contribution in [0.15, 0.2) is 0 Å². The number of unbranched alkanes of at least 4 members (excludes halogenated alkanes) is 9. The molecule has 3 atom stereocenters. The van der Waals surface area contributed by atoms with E-state index < -0.39 is 18.0 Å². The van der Waals surface area contributed by atoms with Gasteiger partial charge in [-0.1, -0.05) is 85.5 Å². The molecule has 0 spiro atoms. The first-order valence-electron chi connectivity index (χ1n) is 15.0. The van der Waals surface area contributed by atoms with Crippen LogP contribution in [0.25, 0.3) is 0 Å². The van der Waals surface area contributed by atoms with Crippen LogP contribution in [0.2, 0.25) is 0 Å². The van der Waals surface area contributed by atoms with E-state index in [1.807, 2.05) is 20.8 Å². The number of carbonyl (C=O) groups excluding carboxylic acids is 4. The molecule has 1 saturated heterocycles. The van der Waals surface area contributed by atoms with Crippen LogP contribution in [-0.2, 0) is 19.2 Å². The van der Waals surface area contributed by atoms with Crippen LogP contribution in [0.4, 0.5) is 0 Å². The molecule has 1 fully saturated rings. The predicted octanol–water partition coefficient (Wildman–Crippen LogP) is -0.266. The zero-order valence-electron chi connectivity index (χ0n) is 25.0. The maximum atomic E-state index is 13.4. The molecule has 1 rings (SSSR count). The Kier molecular flexibility index (Phi) is 19.9. The zero-order valence-corrected chi connectivity index (χ0v) is 25.7. The van der Waals surface area contributed by atoms with Crippen LogP contribution in [0.3, 0.4) is 0 Å². The summed E-state index contributed by atoms with van der Waals surface area (Å²) in [6, 6.07) is -1.85. The van der Waals surface area contributed by atoms with Crippen molar-refractivity contribution < 1.29 is 37.3 Å². The Morgan fingerprint density at radius 1 is 0.718 bits per heavy atom. The van der Waals surface area contributed by atoms with E-state index in [4.69, 9.17) is 0 Å². The van der Waals surface area contributed by atoms with Crippen molar-refractivity contribution in [3.8, 4) is 0 Å². The lowest BCUT2D eigenvalue weighted by atomic mass is 9.87. The molecular weight excluding hydrogens is 518 g/mol. The fraction of sp³-hybridized carbons (Fsp3) is 0.862. The minimum absolute atomic E-state index is 0. The second-order valence-corrected chi connectivity index (χ2v) is 12.1. The van der Waals surface area contributed by atoms with Gasteiger partial charge in [-0.05, 0) is 37.5 Å². The first-order valence-corrected chi connectivity index (χ1v) is 15.0. The third-order valence-corrected chi connectivity index (χ3v) is 6.97. The molecule has 4 amide bonds. The highest BCUT2D eigenvalue weighted by atomic mass is 35.5. The lowest BCUT2D eigenvalue weighted by molar-refractivity contribution is -0.368. The molecule has 0 radical (unpaired) electrons. The number of amides is 4. The van der Waals surface area contributed by atoms with Crippen molar-refractivity contribution in [3.63, 3.8) is 0 Å². The van der Waals surface area contributed by atoms with Crippen molar-refractivity contribution in [2.24, 2.45) is 5.41 Å². The summed E-state index contributed by atoms with van der Waals surface area (Å²) < 4.78 is 0. The highest BCUT2D eigenvalue weighted by Gasteiger charge is 2.31. The SMILES string of the molecule is CCCCCCCCCCC[C@@H]1CC(=O)NCC(=O)N[C@@H](CCCC[NH3+])C(=O)N[C@@H](CC(C)(C)C)C(=O)N1.[Cl-]. The molecule has 0 aliphatic carbocycles. The summed E-state index contributed by atoms with van der Waals surface area (Å²) >= 11 is 0. The van der Waals surface area contributed by atoms with E-state index in [1.165, 1.54) is 38.5 Å². The van der Waals surface area contributed by atoms with Gasteiger partial charge in [0.05, 0.1) is 13.1 Å². The van der Waals surface area contributed by atoms with Gasteiger partial charge in [-0.25, -0.2) is 0 Å². The molecule has 10 heteroatoms. The van der Waals surface area contributed by atoms with Crippen molar-refractivity contribution in [2.75, 3.05) is 13.1 Å². The number of carbonyl (C=O) groups is 4. The van der Waals surface area contributed by atoms with Gasteiger partial charge in [-0.3, -0.25) is 19.2 Å². The molecule has 1 aliphatic heterocycles. The lowest BCUT2D eigenvalue weighted by Crippen LogP contribution is -3.00. The molecule has 228 valence electrons. The predicted molar refractivity (Wildman–Crippen MR) is 151 cm³/mol. The number of hydrogen-bond donors (Lipinski definition) is 5. The molecule has 1 heterocycles. The third kappa shape index (κ3) is 18.2. The molecule has 0 aromatic heterocycles. The zero-order chi connectivity index (χ0) is 28.4. The number of halogens is 1. The number of quaternary nitrogens is 1. The lowest BCUT2D eigenvalue weighted by Gasteiger charge is -2.29. The fourth-order valence-electron chi connectivity index (χ4n) is 4.84. The van der Waals surface area contributed by atoms with Gasteiger partial charge in [-0.2, -0.15) is 0 Å². The molecule has 0 aromatic rings. The van der Waals surface area contributed by atoms with Crippen LogP contribution in [0.1, 0.15) is 124 Å². The van der Waals surface area contributed by atoms with Gasteiger partial charge in [0, 0.05) is 12.5 Å². The normalized spacial score (nSPS) is 21.3. The van der Waals surface area contributed by atoms with Crippen LogP contribution in [0.5, 0.6) is 0 Å². The topological polar surface area (TPSA) is 144 Å². The first-order chi connectivity index (χ1) is 18.1. The number of nitrogens with one attached hydrogen (secondary N) is 4. The van der Waals surface area contributed by atoms with Gasteiger partial charge in [0.15, 0.2) is 0 Å². The van der Waals surface area contributed by atoms with E-state index >= 15 is 0 Å². The Labute approximate surface area is 242 Å². The van der Waals surface area contributed by atoms with Gasteiger partial charge in [-0.15, -0.1) is 0 Å². The molecule has 0 bridgehead atoms. The standard InChI is InChI=1S/C29H55N5O4.ClH/c1-5-6-7-8-9-10-11-12-13-16-22-19-25(35)31-21-26(36)33-23(17-14-15-18-30)27(37)34-24(28(38)32-22)20-29(2,3)4;/h22-24H,5-21,30H2,1-4H3,(H,31,35)(H,32,38)(H,33,36)(H,34,37);1H/t22-,23+,24+;/m1./s1. The third-order valence-electron chi connectivity index (χ3n) is 6.97. The molecule has 0 saturated carbocycles.